The number of nitrogens with zero attached hydrogens (tertiary/aromatic N) is 4. The van der Waals surface area contributed by atoms with E-state index in [0.29, 0.717) is 24.5 Å². The summed E-state index contributed by atoms with van der Waals surface area (Å²) in [6.45, 7) is 4.04. The molecular weight excluding hydrogens is 348 g/mol. The number of rotatable bonds is 3. The summed E-state index contributed by atoms with van der Waals surface area (Å²) in [6, 6.07) is 0.0662. The molecule has 3 heterocycles. The van der Waals surface area contributed by atoms with E-state index in [0.717, 1.165) is 4.47 Å². The van der Waals surface area contributed by atoms with Crippen LogP contribution in [-0.4, -0.2) is 40.7 Å². The minimum Gasteiger partial charge on any atom is -0.360 e. The SMILES string of the molecule is Cc1noc(C)c1S(=O)(=O)N1CC(n2cc(Br)cn2)C1. The summed E-state index contributed by atoms with van der Waals surface area (Å²) in [5.41, 5.74) is 0.396. The van der Waals surface area contributed by atoms with Crippen LogP contribution in [0.2, 0.25) is 0 Å². The second-order valence-electron chi connectivity index (χ2n) is 4.77. The molecule has 0 aliphatic carbocycles. The molecular formula is C11H13BrN4O3S. The molecule has 0 atom stereocenters. The van der Waals surface area contributed by atoms with E-state index in [2.05, 4.69) is 26.2 Å². The molecule has 108 valence electrons. The molecule has 1 aliphatic heterocycles. The molecule has 0 bridgehead atoms. The molecule has 2 aromatic heterocycles. The smallest absolute Gasteiger partial charge is 0.248 e. The van der Waals surface area contributed by atoms with E-state index in [1.54, 1.807) is 24.7 Å². The van der Waals surface area contributed by atoms with E-state index in [4.69, 9.17) is 4.52 Å². The van der Waals surface area contributed by atoms with Gasteiger partial charge in [-0.15, -0.1) is 0 Å². The van der Waals surface area contributed by atoms with Crippen LogP contribution in [0.4, 0.5) is 0 Å². The predicted octanol–water partition coefficient (Wildman–Crippen LogP) is 1.50. The van der Waals surface area contributed by atoms with Crippen molar-refractivity contribution >= 4 is 26.0 Å². The van der Waals surface area contributed by atoms with Gasteiger partial charge in [0.25, 0.3) is 0 Å². The second kappa shape index (κ2) is 4.68. The Morgan fingerprint density at radius 3 is 2.60 bits per heavy atom. The van der Waals surface area contributed by atoms with E-state index in [1.807, 2.05) is 6.20 Å². The van der Waals surface area contributed by atoms with Crippen molar-refractivity contribution in [3.63, 3.8) is 0 Å². The lowest BCUT2D eigenvalue weighted by atomic mass is 10.2. The third-order valence-electron chi connectivity index (χ3n) is 3.34. The van der Waals surface area contributed by atoms with Gasteiger partial charge >= 0.3 is 0 Å². The highest BCUT2D eigenvalue weighted by atomic mass is 79.9. The lowest BCUT2D eigenvalue weighted by Crippen LogP contribution is -2.50. The number of halogens is 1. The first-order valence-electron chi connectivity index (χ1n) is 6.02. The first-order chi connectivity index (χ1) is 9.39. The highest BCUT2D eigenvalue weighted by molar-refractivity contribution is 9.10. The fourth-order valence-electron chi connectivity index (χ4n) is 2.27. The predicted molar refractivity (Wildman–Crippen MR) is 73.7 cm³/mol. The first-order valence-corrected chi connectivity index (χ1v) is 8.25. The Hall–Kier alpha value is -1.19. The standard InChI is InChI=1S/C11H13BrN4O3S/c1-7-11(8(2)19-14-7)20(17,18)15-5-10(6-15)16-4-9(12)3-13-16/h3-4,10H,5-6H2,1-2H3. The zero-order valence-corrected chi connectivity index (χ0v) is 13.3. The average Bonchev–Trinajstić information content (AvgIpc) is 2.83. The van der Waals surface area contributed by atoms with Gasteiger partial charge in [-0.05, 0) is 29.8 Å². The van der Waals surface area contributed by atoms with Crippen molar-refractivity contribution in [1.82, 2.24) is 19.2 Å². The van der Waals surface area contributed by atoms with Crippen molar-refractivity contribution in [2.24, 2.45) is 0 Å². The van der Waals surface area contributed by atoms with Crippen molar-refractivity contribution < 1.29 is 12.9 Å². The molecule has 0 saturated carbocycles. The second-order valence-corrected chi connectivity index (χ2v) is 7.56. The van der Waals surface area contributed by atoms with Crippen LogP contribution in [0.3, 0.4) is 0 Å². The monoisotopic (exact) mass is 360 g/mol. The van der Waals surface area contributed by atoms with Crippen LogP contribution >= 0.6 is 15.9 Å². The highest BCUT2D eigenvalue weighted by Gasteiger charge is 2.40. The lowest BCUT2D eigenvalue weighted by Gasteiger charge is -2.37. The third-order valence-corrected chi connectivity index (χ3v) is 5.82. The van der Waals surface area contributed by atoms with Gasteiger partial charge in [0, 0.05) is 19.3 Å². The van der Waals surface area contributed by atoms with Gasteiger partial charge in [0.1, 0.15) is 10.6 Å². The van der Waals surface area contributed by atoms with Gasteiger partial charge in [0.05, 0.1) is 16.7 Å². The van der Waals surface area contributed by atoms with Crippen molar-refractivity contribution in [3.8, 4) is 0 Å². The number of hydrogen-bond acceptors (Lipinski definition) is 5. The van der Waals surface area contributed by atoms with Gasteiger partial charge in [-0.25, -0.2) is 8.42 Å². The third kappa shape index (κ3) is 2.09. The molecule has 7 nitrogen and oxygen atoms in total. The molecule has 1 aliphatic rings. The summed E-state index contributed by atoms with van der Waals surface area (Å²) < 4.78 is 34.0. The molecule has 1 saturated heterocycles. The maximum Gasteiger partial charge on any atom is 0.248 e. The van der Waals surface area contributed by atoms with E-state index >= 15 is 0 Å². The van der Waals surface area contributed by atoms with Crippen LogP contribution in [0, 0.1) is 13.8 Å². The maximum absolute atomic E-state index is 12.5. The van der Waals surface area contributed by atoms with Crippen LogP contribution in [0.5, 0.6) is 0 Å². The van der Waals surface area contributed by atoms with Crippen molar-refractivity contribution in [1.29, 1.82) is 0 Å². The van der Waals surface area contributed by atoms with Gasteiger partial charge in [0.2, 0.25) is 10.0 Å². The van der Waals surface area contributed by atoms with Gasteiger partial charge in [-0.1, -0.05) is 5.16 Å². The van der Waals surface area contributed by atoms with Crippen molar-refractivity contribution in [3.05, 3.63) is 28.3 Å². The number of hydrogen-bond donors (Lipinski definition) is 0. The molecule has 20 heavy (non-hydrogen) atoms. The van der Waals surface area contributed by atoms with Crippen LogP contribution in [0.25, 0.3) is 0 Å². The topological polar surface area (TPSA) is 81.2 Å². The van der Waals surface area contributed by atoms with Crippen LogP contribution in [0.1, 0.15) is 17.5 Å². The summed E-state index contributed by atoms with van der Waals surface area (Å²) in [7, 11) is -3.53. The highest BCUT2D eigenvalue weighted by Crippen LogP contribution is 2.31. The lowest BCUT2D eigenvalue weighted by molar-refractivity contribution is 0.191. The zero-order chi connectivity index (χ0) is 14.5. The molecule has 0 N–H and O–H groups in total. The largest absolute Gasteiger partial charge is 0.360 e. The number of aryl methyl sites for hydroxylation is 2. The van der Waals surface area contributed by atoms with E-state index < -0.39 is 10.0 Å². The summed E-state index contributed by atoms with van der Waals surface area (Å²) in [4.78, 5) is 0.178. The molecule has 0 aromatic carbocycles. The Balaban J connectivity index is 1.79. The molecule has 2 aromatic rings. The molecule has 1 fully saturated rings. The first kappa shape index (κ1) is 13.8. The van der Waals surface area contributed by atoms with Crippen LogP contribution < -0.4 is 0 Å². The van der Waals surface area contributed by atoms with Crippen molar-refractivity contribution in [2.45, 2.75) is 24.8 Å². The van der Waals surface area contributed by atoms with Crippen molar-refractivity contribution in [2.75, 3.05) is 13.1 Å². The summed E-state index contributed by atoms with van der Waals surface area (Å²) in [5.74, 6) is 0.327. The zero-order valence-electron chi connectivity index (χ0n) is 10.9. The minimum absolute atomic E-state index is 0.0662. The molecule has 0 spiro atoms. The minimum atomic E-state index is -3.53. The molecule has 3 rings (SSSR count). The molecule has 9 heteroatoms. The molecule has 0 unspecified atom stereocenters. The fourth-order valence-corrected chi connectivity index (χ4v) is 4.37. The average molecular weight is 361 g/mol. The van der Waals surface area contributed by atoms with E-state index in [1.165, 1.54) is 4.31 Å². The molecule has 0 amide bonds. The quantitative estimate of drug-likeness (QED) is 0.828. The Labute approximate surface area is 124 Å². The number of aromatic nitrogens is 3. The maximum atomic E-state index is 12.5. The van der Waals surface area contributed by atoms with Gasteiger partial charge in [0.15, 0.2) is 5.76 Å². The Bertz CT molecular complexity index is 726. The number of sulfonamides is 1. The normalized spacial score (nSPS) is 17.4. The summed E-state index contributed by atoms with van der Waals surface area (Å²) in [5, 5.41) is 7.87. The Morgan fingerprint density at radius 2 is 2.10 bits per heavy atom. The fraction of sp³-hybridized carbons (Fsp3) is 0.455. The Morgan fingerprint density at radius 1 is 1.40 bits per heavy atom. The van der Waals surface area contributed by atoms with E-state index in [-0.39, 0.29) is 10.9 Å². The van der Waals surface area contributed by atoms with Crippen LogP contribution in [-0.2, 0) is 10.0 Å². The van der Waals surface area contributed by atoms with Gasteiger partial charge in [-0.3, -0.25) is 4.68 Å². The summed E-state index contributed by atoms with van der Waals surface area (Å²) >= 11 is 3.32. The summed E-state index contributed by atoms with van der Waals surface area (Å²) in [6.07, 6.45) is 3.52. The van der Waals surface area contributed by atoms with E-state index in [9.17, 15) is 8.42 Å². The van der Waals surface area contributed by atoms with Gasteiger partial charge in [-0.2, -0.15) is 9.40 Å². The Kier molecular flexibility index (Phi) is 3.22. The van der Waals surface area contributed by atoms with Gasteiger partial charge < -0.3 is 4.52 Å². The van der Waals surface area contributed by atoms with Crippen LogP contribution in [0.15, 0.2) is 26.3 Å². The molecule has 0 radical (unpaired) electrons.